The number of aliphatic hydroxyl groups excluding tert-OH is 2. The molecule has 0 saturated carbocycles. The van der Waals surface area contributed by atoms with Crippen molar-refractivity contribution in [1.29, 1.82) is 0 Å². The van der Waals surface area contributed by atoms with Gasteiger partial charge in [-0.25, -0.2) is 8.42 Å². The van der Waals surface area contributed by atoms with Crippen LogP contribution in [0.2, 0.25) is 0 Å². The molecule has 0 aliphatic heterocycles. The molecule has 0 aromatic rings. The number of carbonyl (C=O) groups is 4. The molecule has 27 heteroatoms. The molecule has 0 aromatic carbocycles. The van der Waals surface area contributed by atoms with Crippen LogP contribution in [0.1, 0.15) is 12.8 Å². The van der Waals surface area contributed by atoms with Gasteiger partial charge >= 0.3 is 0 Å². The van der Waals surface area contributed by atoms with E-state index in [2.05, 4.69) is 74.4 Å². The van der Waals surface area contributed by atoms with Crippen molar-refractivity contribution in [1.82, 2.24) is 74.4 Å². The zero-order valence-electron chi connectivity index (χ0n) is 38.5. The van der Waals surface area contributed by atoms with Crippen molar-refractivity contribution < 1.29 is 47.3 Å². The summed E-state index contributed by atoms with van der Waals surface area (Å²) in [4.78, 5) is 47.6. The molecule has 0 aliphatic rings. The average molecular weight is 959 g/mol. The number of sulfone groups is 1. The van der Waals surface area contributed by atoms with Crippen LogP contribution in [-0.4, -0.2) is 250 Å². The quantitative estimate of drug-likeness (QED) is 0.0199. The normalized spacial score (nSPS) is 12.5. The third-order valence-corrected chi connectivity index (χ3v) is 9.61. The molecule has 0 bridgehead atoms. The predicted octanol–water partition coefficient (Wildman–Crippen LogP) is -9.87. The van der Waals surface area contributed by atoms with E-state index in [1.165, 1.54) is 0 Å². The number of carbonyl (C=O) groups excluding carboxylic acids is 4. The molecule has 26 nitrogen and oxygen atoms in total. The first-order valence-corrected chi connectivity index (χ1v) is 24.6. The number of hydrogen-bond donors (Lipinski definition) is 18. The Hall–Kier alpha value is -2.81. The maximum Gasteiger partial charge on any atom is 0.229 e. The Morgan fingerprint density at radius 2 is 0.615 bits per heavy atom. The molecule has 20 N–H and O–H groups in total. The summed E-state index contributed by atoms with van der Waals surface area (Å²) in [6, 6.07) is 0. The van der Waals surface area contributed by atoms with Crippen LogP contribution in [0.3, 0.4) is 0 Å². The monoisotopic (exact) mass is 959 g/mol. The maximum absolute atomic E-state index is 12.2. The van der Waals surface area contributed by atoms with Crippen LogP contribution in [0.4, 0.5) is 0 Å². The highest BCUT2D eigenvalue weighted by molar-refractivity contribution is 7.91. The highest BCUT2D eigenvalue weighted by atomic mass is 32.2. The lowest BCUT2D eigenvalue weighted by atomic mass is 10.3. The van der Waals surface area contributed by atoms with E-state index in [4.69, 9.17) is 20.9 Å². The number of amides is 4. The molecule has 0 radical (unpaired) electrons. The van der Waals surface area contributed by atoms with Gasteiger partial charge in [0.2, 0.25) is 23.6 Å². The summed E-state index contributed by atoms with van der Waals surface area (Å²) in [7, 11) is -3.72. The second-order valence-electron chi connectivity index (χ2n) is 14.8. The Morgan fingerprint density at radius 3 is 0.877 bits per heavy atom. The summed E-state index contributed by atoms with van der Waals surface area (Å²) in [6.45, 7) is 15.0. The van der Waals surface area contributed by atoms with Crippen molar-refractivity contribution in [3.05, 3.63) is 0 Å². The van der Waals surface area contributed by atoms with Gasteiger partial charge in [0.15, 0.2) is 21.7 Å². The third kappa shape index (κ3) is 47.5. The summed E-state index contributed by atoms with van der Waals surface area (Å²) >= 11 is 0. The van der Waals surface area contributed by atoms with E-state index in [-0.39, 0.29) is 62.8 Å². The molecule has 0 heterocycles. The van der Waals surface area contributed by atoms with Gasteiger partial charge in [-0.15, -0.1) is 0 Å². The molecular weight excluding hydrogens is 873 g/mol. The van der Waals surface area contributed by atoms with Gasteiger partial charge in [0.25, 0.3) is 0 Å². The summed E-state index contributed by atoms with van der Waals surface area (Å²) in [5, 5.41) is 62.6. The summed E-state index contributed by atoms with van der Waals surface area (Å²) < 4.78 is 34.8. The van der Waals surface area contributed by atoms with Gasteiger partial charge in [0, 0.05) is 170 Å². The average Bonchev–Trinajstić information content (AvgIpc) is 3.26. The van der Waals surface area contributed by atoms with Crippen LogP contribution in [0, 0.1) is 0 Å². The molecule has 384 valence electrons. The van der Waals surface area contributed by atoms with Crippen molar-refractivity contribution in [3.63, 3.8) is 0 Å². The first kappa shape index (κ1) is 62.2. The Kier molecular flexibility index (Phi) is 44.3. The number of nitrogens with one attached hydrogen (secondary N) is 14. The van der Waals surface area contributed by atoms with Gasteiger partial charge in [0.05, 0.1) is 25.4 Å². The second kappa shape index (κ2) is 46.3. The topological polar surface area (TPSA) is 382 Å². The fraction of sp³-hybridized carbons (Fsp3) is 0.895. The highest BCUT2D eigenvalue weighted by Gasteiger charge is 2.15. The van der Waals surface area contributed by atoms with Crippen LogP contribution in [0.5, 0.6) is 0 Å². The zero-order chi connectivity index (χ0) is 47.9. The lowest BCUT2D eigenvalue weighted by molar-refractivity contribution is -0.130. The fourth-order valence-electron chi connectivity index (χ4n) is 5.28. The minimum absolute atomic E-state index is 0.179. The Morgan fingerprint density at radius 1 is 0.385 bits per heavy atom. The summed E-state index contributed by atoms with van der Waals surface area (Å²) in [6.07, 6.45) is -2.25. The Balaban J connectivity index is 3.58. The summed E-state index contributed by atoms with van der Waals surface area (Å²) in [5.74, 6) is -2.56. The van der Waals surface area contributed by atoms with E-state index in [0.717, 1.165) is 39.3 Å². The molecule has 2 atom stereocenters. The van der Waals surface area contributed by atoms with Gasteiger partial charge in [0.1, 0.15) is 12.8 Å². The van der Waals surface area contributed by atoms with Gasteiger partial charge in [-0.3, -0.25) is 19.2 Å². The maximum atomic E-state index is 12.2. The van der Waals surface area contributed by atoms with Gasteiger partial charge in [-0.2, -0.15) is 0 Å². The second-order valence-corrected chi connectivity index (χ2v) is 16.7. The Labute approximate surface area is 386 Å². The lowest BCUT2D eigenvalue weighted by Gasteiger charge is -2.14. The minimum Gasteiger partial charge on any atom is -0.389 e. The van der Waals surface area contributed by atoms with Crippen molar-refractivity contribution in [2.45, 2.75) is 25.0 Å². The van der Waals surface area contributed by atoms with Crippen molar-refractivity contribution in [2.24, 2.45) is 11.5 Å². The van der Waals surface area contributed by atoms with E-state index in [1.807, 2.05) is 0 Å². The van der Waals surface area contributed by atoms with Gasteiger partial charge in [-0.05, 0) is 0 Å². The standard InChI is InChI=1S/C38H86N16O10S/c39-1-3-41-5-7-45-17-21-51-35(57)25-37(59)53-23-19-47-11-9-43-13-15-49-27-33(55)29-63-31-65(61,62)32-64-30-34(56)28-50-16-14-44-10-12-48-20-24-54-38(60)26-36(58)52-22-18-46-8-6-42-4-2-40/h33-34,41-50,55-56H,1-32,39-40H2,(H,51,57)(H,52,58)(H,53,59)(H,54,60). The lowest BCUT2D eigenvalue weighted by Crippen LogP contribution is -2.39. The molecule has 65 heavy (non-hydrogen) atoms. The van der Waals surface area contributed by atoms with Crippen LogP contribution < -0.4 is 85.9 Å². The molecular formula is C38H86N16O10S. The molecule has 0 rings (SSSR count). The van der Waals surface area contributed by atoms with Crippen LogP contribution >= 0.6 is 0 Å². The molecule has 0 aliphatic carbocycles. The van der Waals surface area contributed by atoms with Crippen molar-refractivity contribution in [3.8, 4) is 0 Å². The highest BCUT2D eigenvalue weighted by Crippen LogP contribution is 1.96. The minimum atomic E-state index is -3.72. The number of rotatable bonds is 50. The van der Waals surface area contributed by atoms with Crippen molar-refractivity contribution in [2.75, 3.05) is 195 Å². The first-order chi connectivity index (χ1) is 31.5. The largest absolute Gasteiger partial charge is 0.389 e. The Bertz CT molecular complexity index is 1180. The van der Waals surface area contributed by atoms with E-state index in [1.54, 1.807) is 0 Å². The number of aliphatic hydroxyl groups is 2. The van der Waals surface area contributed by atoms with E-state index in [0.29, 0.717) is 118 Å². The molecule has 0 aromatic heterocycles. The first-order valence-electron chi connectivity index (χ1n) is 22.7. The van der Waals surface area contributed by atoms with Crippen LogP contribution in [0.15, 0.2) is 0 Å². The van der Waals surface area contributed by atoms with E-state index < -0.39 is 33.9 Å². The molecule has 0 spiro atoms. The molecule has 0 saturated heterocycles. The number of ether oxygens (including phenoxy) is 2. The van der Waals surface area contributed by atoms with Crippen LogP contribution in [-0.2, 0) is 38.5 Å². The van der Waals surface area contributed by atoms with Gasteiger partial charge < -0.3 is 106 Å². The van der Waals surface area contributed by atoms with Gasteiger partial charge in [-0.1, -0.05) is 0 Å². The summed E-state index contributed by atoms with van der Waals surface area (Å²) in [5.41, 5.74) is 10.8. The van der Waals surface area contributed by atoms with E-state index >= 15 is 0 Å². The SMILES string of the molecule is NCCNCCNCCNC(=O)CC(=O)NCCNCCNCCNCC(O)COCS(=O)(=O)COCC(O)CNCCNCCNCCNC(=O)CC(=O)NCCNCCNCCN. The smallest absolute Gasteiger partial charge is 0.229 e. The zero-order valence-corrected chi connectivity index (χ0v) is 39.3. The predicted molar refractivity (Wildman–Crippen MR) is 251 cm³/mol. The molecule has 2 unspecified atom stereocenters. The number of nitrogens with two attached hydrogens (primary N) is 2. The number of hydrogen-bond acceptors (Lipinski definition) is 22. The van der Waals surface area contributed by atoms with Crippen LogP contribution in [0.25, 0.3) is 0 Å². The molecule has 4 amide bonds. The van der Waals surface area contributed by atoms with E-state index in [9.17, 15) is 37.8 Å². The molecule has 0 fully saturated rings. The third-order valence-electron chi connectivity index (χ3n) is 8.56. The fourth-order valence-corrected chi connectivity index (χ4v) is 6.05. The van der Waals surface area contributed by atoms with Crippen molar-refractivity contribution >= 4 is 33.5 Å².